The van der Waals surface area contributed by atoms with Gasteiger partial charge in [-0.2, -0.15) is 0 Å². The van der Waals surface area contributed by atoms with Gasteiger partial charge in [0.1, 0.15) is 0 Å². The third-order valence-corrected chi connectivity index (χ3v) is 6.85. The Bertz CT molecular complexity index is 829. The van der Waals surface area contributed by atoms with E-state index in [0.29, 0.717) is 24.7 Å². The molecular weight excluding hydrogens is 366 g/mol. The van der Waals surface area contributed by atoms with E-state index in [9.17, 15) is 18.0 Å². The molecule has 1 aromatic rings. The van der Waals surface area contributed by atoms with E-state index in [1.165, 1.54) is 12.1 Å². The van der Waals surface area contributed by atoms with Crippen LogP contribution in [-0.2, 0) is 14.8 Å². The van der Waals surface area contributed by atoms with Crippen LogP contribution in [0.3, 0.4) is 0 Å². The van der Waals surface area contributed by atoms with Crippen molar-refractivity contribution in [2.75, 3.05) is 13.1 Å². The number of hydrogen-bond donors (Lipinski definition) is 2. The van der Waals surface area contributed by atoms with Crippen molar-refractivity contribution in [1.82, 2.24) is 14.9 Å². The van der Waals surface area contributed by atoms with Gasteiger partial charge >= 0.3 is 0 Å². The zero-order valence-corrected chi connectivity index (χ0v) is 16.0. The third kappa shape index (κ3) is 4.50. The predicted molar refractivity (Wildman–Crippen MR) is 99.6 cm³/mol. The van der Waals surface area contributed by atoms with E-state index in [-0.39, 0.29) is 28.7 Å². The first-order chi connectivity index (χ1) is 12.9. The van der Waals surface area contributed by atoms with E-state index >= 15 is 0 Å². The number of hydrogen-bond acceptors (Lipinski definition) is 4. The zero-order valence-electron chi connectivity index (χ0n) is 15.2. The molecule has 2 amide bonds. The van der Waals surface area contributed by atoms with Crippen LogP contribution < -0.4 is 10.0 Å². The van der Waals surface area contributed by atoms with E-state index in [0.717, 1.165) is 38.5 Å². The largest absolute Gasteiger partial charge is 0.353 e. The maximum absolute atomic E-state index is 12.8. The van der Waals surface area contributed by atoms with Crippen molar-refractivity contribution in [2.24, 2.45) is 5.92 Å². The second-order valence-electron chi connectivity index (χ2n) is 7.79. The van der Waals surface area contributed by atoms with Crippen LogP contribution in [0.5, 0.6) is 0 Å². The summed E-state index contributed by atoms with van der Waals surface area (Å²) in [5, 5.41) is 3.02. The average Bonchev–Trinajstić information content (AvgIpc) is 3.59. The van der Waals surface area contributed by atoms with Crippen LogP contribution in [0.15, 0.2) is 29.2 Å². The van der Waals surface area contributed by atoms with Gasteiger partial charge in [0.25, 0.3) is 5.91 Å². The molecule has 146 valence electrons. The Labute approximate surface area is 159 Å². The molecule has 1 heterocycles. The molecule has 0 aromatic heterocycles. The highest BCUT2D eigenvalue weighted by Gasteiger charge is 2.32. The molecule has 1 aliphatic heterocycles. The van der Waals surface area contributed by atoms with Crippen LogP contribution in [0, 0.1) is 5.92 Å². The number of carbonyl (C=O) groups is 2. The van der Waals surface area contributed by atoms with Gasteiger partial charge in [0, 0.05) is 30.7 Å². The summed E-state index contributed by atoms with van der Waals surface area (Å²) in [5.41, 5.74) is 0.448. The summed E-state index contributed by atoms with van der Waals surface area (Å²) in [6.45, 7) is 1.04. The Morgan fingerprint density at radius 2 is 1.63 bits per heavy atom. The lowest BCUT2D eigenvalue weighted by molar-refractivity contribution is -0.126. The summed E-state index contributed by atoms with van der Waals surface area (Å²) >= 11 is 0. The first-order valence-electron chi connectivity index (χ1n) is 9.64. The molecule has 8 heteroatoms. The Morgan fingerprint density at radius 3 is 2.26 bits per heavy atom. The van der Waals surface area contributed by atoms with E-state index < -0.39 is 10.0 Å². The molecular formula is C19H25N3O4S. The van der Waals surface area contributed by atoms with Gasteiger partial charge in [-0.15, -0.1) is 0 Å². The highest BCUT2D eigenvalue weighted by atomic mass is 32.2. The number of likely N-dealkylation sites (tertiary alicyclic amines) is 1. The Morgan fingerprint density at radius 1 is 0.963 bits per heavy atom. The maximum atomic E-state index is 12.8. The molecule has 3 aliphatic rings. The van der Waals surface area contributed by atoms with Crippen LogP contribution >= 0.6 is 0 Å². The molecule has 7 nitrogen and oxygen atoms in total. The molecule has 1 atom stereocenters. The van der Waals surface area contributed by atoms with E-state index in [2.05, 4.69) is 10.0 Å². The summed E-state index contributed by atoms with van der Waals surface area (Å²) in [6.07, 6.45) is 5.44. The van der Waals surface area contributed by atoms with Crippen LogP contribution in [0.25, 0.3) is 0 Å². The highest BCUT2D eigenvalue weighted by molar-refractivity contribution is 7.89. The van der Waals surface area contributed by atoms with E-state index in [1.54, 1.807) is 17.0 Å². The fourth-order valence-corrected chi connectivity index (χ4v) is 4.68. The molecule has 0 bridgehead atoms. The lowest BCUT2D eigenvalue weighted by atomic mass is 9.96. The van der Waals surface area contributed by atoms with Gasteiger partial charge in [-0.25, -0.2) is 13.1 Å². The molecule has 0 radical (unpaired) electrons. The van der Waals surface area contributed by atoms with Crippen LogP contribution in [0.1, 0.15) is 48.9 Å². The van der Waals surface area contributed by atoms with Crippen molar-refractivity contribution < 1.29 is 18.0 Å². The van der Waals surface area contributed by atoms with Crippen molar-refractivity contribution in [3.8, 4) is 0 Å². The molecule has 1 unspecified atom stereocenters. The quantitative estimate of drug-likeness (QED) is 0.763. The van der Waals surface area contributed by atoms with Gasteiger partial charge in [0.15, 0.2) is 0 Å². The van der Waals surface area contributed by atoms with E-state index in [1.807, 2.05) is 0 Å². The smallest absolute Gasteiger partial charge is 0.253 e. The summed E-state index contributed by atoms with van der Waals surface area (Å²) in [5.74, 6) is -0.272. The summed E-state index contributed by atoms with van der Waals surface area (Å²) in [6, 6.07) is 6.42. The summed E-state index contributed by atoms with van der Waals surface area (Å²) in [7, 11) is -3.52. The lowest BCUT2D eigenvalue weighted by Gasteiger charge is -2.32. The van der Waals surface area contributed by atoms with Gasteiger partial charge in [0.2, 0.25) is 15.9 Å². The Balaban J connectivity index is 1.40. The number of amides is 2. The van der Waals surface area contributed by atoms with Crippen LogP contribution in [0.2, 0.25) is 0 Å². The normalized spacial score (nSPS) is 23.1. The first-order valence-corrected chi connectivity index (χ1v) is 11.1. The average molecular weight is 391 g/mol. The van der Waals surface area contributed by atoms with Crippen molar-refractivity contribution in [2.45, 2.75) is 55.5 Å². The highest BCUT2D eigenvalue weighted by Crippen LogP contribution is 2.24. The fraction of sp³-hybridized carbons (Fsp3) is 0.579. The first kappa shape index (κ1) is 18.4. The van der Waals surface area contributed by atoms with Crippen molar-refractivity contribution in [1.29, 1.82) is 0 Å². The van der Waals surface area contributed by atoms with Crippen LogP contribution in [0.4, 0.5) is 0 Å². The number of carbonyl (C=O) groups excluding carboxylic acids is 2. The Hall–Kier alpha value is -1.93. The zero-order chi connectivity index (χ0) is 19.0. The minimum absolute atomic E-state index is 0.0441. The Kier molecular flexibility index (Phi) is 4.94. The third-order valence-electron chi connectivity index (χ3n) is 5.31. The van der Waals surface area contributed by atoms with Gasteiger partial charge in [-0.1, -0.05) is 0 Å². The van der Waals surface area contributed by atoms with Crippen molar-refractivity contribution in [3.63, 3.8) is 0 Å². The second kappa shape index (κ2) is 7.24. The van der Waals surface area contributed by atoms with Crippen LogP contribution in [-0.4, -0.2) is 50.3 Å². The minimum atomic E-state index is -3.52. The standard InChI is InChI=1S/C19H25N3O4S/c23-18(20-15-5-6-15)14-2-1-11-22(12-14)19(24)13-3-9-17(10-4-13)27(25,26)21-16-7-8-16/h3-4,9-10,14-16,21H,1-2,5-8,11-12H2,(H,20,23). The van der Waals surface area contributed by atoms with E-state index in [4.69, 9.17) is 0 Å². The van der Waals surface area contributed by atoms with Gasteiger partial charge < -0.3 is 10.2 Å². The number of nitrogens with zero attached hydrogens (tertiary/aromatic N) is 1. The topological polar surface area (TPSA) is 95.6 Å². The van der Waals surface area contributed by atoms with Gasteiger partial charge in [-0.05, 0) is 62.8 Å². The molecule has 1 saturated heterocycles. The molecule has 2 saturated carbocycles. The van der Waals surface area contributed by atoms with Crippen molar-refractivity contribution >= 4 is 21.8 Å². The van der Waals surface area contributed by atoms with Gasteiger partial charge in [0.05, 0.1) is 10.8 Å². The number of piperidine rings is 1. The fourth-order valence-electron chi connectivity index (χ4n) is 3.37. The number of benzene rings is 1. The molecule has 2 N–H and O–H groups in total. The number of rotatable bonds is 6. The molecule has 1 aromatic carbocycles. The molecule has 2 aliphatic carbocycles. The maximum Gasteiger partial charge on any atom is 0.253 e. The molecule has 4 rings (SSSR count). The second-order valence-corrected chi connectivity index (χ2v) is 9.51. The summed E-state index contributed by atoms with van der Waals surface area (Å²) < 4.78 is 27.1. The monoisotopic (exact) mass is 391 g/mol. The number of nitrogens with one attached hydrogen (secondary N) is 2. The minimum Gasteiger partial charge on any atom is -0.353 e. The molecule has 3 fully saturated rings. The SMILES string of the molecule is O=C(NC1CC1)C1CCCN(C(=O)c2ccc(S(=O)(=O)NC3CC3)cc2)C1. The molecule has 0 spiro atoms. The summed E-state index contributed by atoms with van der Waals surface area (Å²) in [4.78, 5) is 26.9. The van der Waals surface area contributed by atoms with Crippen molar-refractivity contribution in [3.05, 3.63) is 29.8 Å². The molecule has 27 heavy (non-hydrogen) atoms. The predicted octanol–water partition coefficient (Wildman–Crippen LogP) is 1.26. The van der Waals surface area contributed by atoms with Gasteiger partial charge in [-0.3, -0.25) is 9.59 Å². The number of sulfonamides is 1. The lowest BCUT2D eigenvalue weighted by Crippen LogP contribution is -2.45.